The van der Waals surface area contributed by atoms with Gasteiger partial charge in [-0.15, -0.1) is 11.8 Å². The fourth-order valence-corrected chi connectivity index (χ4v) is 4.77. The summed E-state index contributed by atoms with van der Waals surface area (Å²) in [5.74, 6) is -1.17. The van der Waals surface area contributed by atoms with E-state index in [-0.39, 0.29) is 17.4 Å². The summed E-state index contributed by atoms with van der Waals surface area (Å²) < 4.78 is 0. The minimum Gasteiger partial charge on any atom is -0.366 e. The second-order valence-electron chi connectivity index (χ2n) is 9.96. The van der Waals surface area contributed by atoms with Gasteiger partial charge in [-0.25, -0.2) is 0 Å². The van der Waals surface area contributed by atoms with Crippen molar-refractivity contribution in [2.45, 2.75) is 24.7 Å². The summed E-state index contributed by atoms with van der Waals surface area (Å²) in [6.45, 7) is 4.21. The standard InChI is InChI=1S/C34H32N4O4S/c1-22(2)24-13-11-23(12-14-24)19-30(38-33(41)26-7-4-3-5-8-26)34(42)37-28-9-6-10-29(20-28)43-21-31(39)36-27-17-15-25(16-18-27)32(35)40/h3-20,22H,21H2,1-2H3,(H2,35,40)(H,36,39)(H,37,42)(H,38,41)/b30-19+. The summed E-state index contributed by atoms with van der Waals surface area (Å²) in [7, 11) is 0. The Morgan fingerprint density at radius 2 is 1.47 bits per heavy atom. The van der Waals surface area contributed by atoms with Crippen molar-refractivity contribution in [3.63, 3.8) is 0 Å². The van der Waals surface area contributed by atoms with Gasteiger partial charge in [0.25, 0.3) is 11.8 Å². The molecule has 4 rings (SSSR count). The molecule has 43 heavy (non-hydrogen) atoms. The van der Waals surface area contributed by atoms with Gasteiger partial charge in [-0.05, 0) is 77.7 Å². The molecular weight excluding hydrogens is 560 g/mol. The van der Waals surface area contributed by atoms with E-state index in [1.54, 1.807) is 72.8 Å². The van der Waals surface area contributed by atoms with Crippen LogP contribution in [0.5, 0.6) is 0 Å². The Kier molecular flexibility index (Phi) is 10.5. The van der Waals surface area contributed by atoms with Crippen molar-refractivity contribution >= 4 is 52.8 Å². The van der Waals surface area contributed by atoms with E-state index in [1.807, 2.05) is 36.4 Å². The number of nitrogens with two attached hydrogens (primary N) is 1. The molecule has 4 aromatic rings. The van der Waals surface area contributed by atoms with Crippen LogP contribution in [0.25, 0.3) is 6.08 Å². The topological polar surface area (TPSA) is 130 Å². The van der Waals surface area contributed by atoms with Crippen molar-refractivity contribution in [1.82, 2.24) is 5.32 Å². The summed E-state index contributed by atoms with van der Waals surface area (Å²) in [5, 5.41) is 8.39. The van der Waals surface area contributed by atoms with E-state index in [9.17, 15) is 19.2 Å². The van der Waals surface area contributed by atoms with Gasteiger partial charge in [-0.2, -0.15) is 0 Å². The summed E-state index contributed by atoms with van der Waals surface area (Å²) in [6.07, 6.45) is 1.64. The van der Waals surface area contributed by atoms with Crippen LogP contribution in [0.1, 0.15) is 51.6 Å². The molecule has 0 spiro atoms. The Balaban J connectivity index is 1.44. The Hall–Kier alpha value is -5.15. The molecule has 0 atom stereocenters. The second-order valence-corrected chi connectivity index (χ2v) is 11.0. The summed E-state index contributed by atoms with van der Waals surface area (Å²) in [4.78, 5) is 50.8. The predicted octanol–water partition coefficient (Wildman–Crippen LogP) is 6.05. The molecule has 4 amide bonds. The van der Waals surface area contributed by atoms with Crippen molar-refractivity contribution in [2.75, 3.05) is 16.4 Å². The predicted molar refractivity (Wildman–Crippen MR) is 172 cm³/mol. The number of amides is 4. The van der Waals surface area contributed by atoms with Crippen molar-refractivity contribution in [3.05, 3.63) is 131 Å². The van der Waals surface area contributed by atoms with Crippen LogP contribution in [0.4, 0.5) is 11.4 Å². The zero-order valence-corrected chi connectivity index (χ0v) is 24.6. The Labute approximate surface area is 254 Å². The number of carbonyl (C=O) groups excluding carboxylic acids is 4. The number of thioether (sulfide) groups is 1. The highest BCUT2D eigenvalue weighted by Crippen LogP contribution is 2.23. The summed E-state index contributed by atoms with van der Waals surface area (Å²) >= 11 is 1.30. The van der Waals surface area contributed by atoms with Gasteiger partial charge in [0.05, 0.1) is 5.75 Å². The molecule has 0 aliphatic carbocycles. The first-order valence-corrected chi connectivity index (χ1v) is 14.6. The molecule has 0 aromatic heterocycles. The van der Waals surface area contributed by atoms with Gasteiger partial charge in [-0.1, -0.05) is 62.4 Å². The lowest BCUT2D eigenvalue weighted by Gasteiger charge is -2.13. The minimum absolute atomic E-state index is 0.0888. The lowest BCUT2D eigenvalue weighted by Crippen LogP contribution is -2.30. The molecule has 0 fully saturated rings. The van der Waals surface area contributed by atoms with Gasteiger partial charge in [-0.3, -0.25) is 19.2 Å². The average Bonchev–Trinajstić information content (AvgIpc) is 3.01. The molecule has 0 saturated carbocycles. The van der Waals surface area contributed by atoms with Gasteiger partial charge in [0.2, 0.25) is 11.8 Å². The molecule has 5 N–H and O–H groups in total. The number of hydrogen-bond acceptors (Lipinski definition) is 5. The Morgan fingerprint density at radius 3 is 2.12 bits per heavy atom. The molecule has 0 bridgehead atoms. The van der Waals surface area contributed by atoms with Crippen molar-refractivity contribution in [3.8, 4) is 0 Å². The van der Waals surface area contributed by atoms with E-state index in [0.29, 0.717) is 28.4 Å². The third-order valence-corrected chi connectivity index (χ3v) is 7.35. The van der Waals surface area contributed by atoms with E-state index in [4.69, 9.17) is 5.73 Å². The molecule has 0 radical (unpaired) electrons. The lowest BCUT2D eigenvalue weighted by atomic mass is 10.0. The highest BCUT2D eigenvalue weighted by molar-refractivity contribution is 8.00. The van der Waals surface area contributed by atoms with Crippen LogP contribution in [0, 0.1) is 0 Å². The highest BCUT2D eigenvalue weighted by Gasteiger charge is 2.16. The SMILES string of the molecule is CC(C)c1ccc(/C=C(/NC(=O)c2ccccc2)C(=O)Nc2cccc(SCC(=O)Nc3ccc(C(N)=O)cc3)c2)cc1. The number of carbonyl (C=O) groups is 4. The Morgan fingerprint density at radius 1 is 0.767 bits per heavy atom. The lowest BCUT2D eigenvalue weighted by molar-refractivity contribution is -0.114. The zero-order chi connectivity index (χ0) is 30.8. The fourth-order valence-electron chi connectivity index (χ4n) is 4.01. The van der Waals surface area contributed by atoms with Crippen LogP contribution in [0.15, 0.2) is 114 Å². The zero-order valence-electron chi connectivity index (χ0n) is 23.8. The van der Waals surface area contributed by atoms with Crippen molar-refractivity contribution in [2.24, 2.45) is 5.73 Å². The maximum Gasteiger partial charge on any atom is 0.272 e. The molecular formula is C34H32N4O4S. The van der Waals surface area contributed by atoms with Gasteiger partial charge < -0.3 is 21.7 Å². The molecule has 0 aliphatic rings. The second kappa shape index (κ2) is 14.7. The normalized spacial score (nSPS) is 11.1. The van der Waals surface area contributed by atoms with Crippen LogP contribution < -0.4 is 21.7 Å². The van der Waals surface area contributed by atoms with E-state index >= 15 is 0 Å². The third kappa shape index (κ3) is 9.17. The number of primary amides is 1. The Bertz CT molecular complexity index is 1630. The van der Waals surface area contributed by atoms with Crippen LogP contribution in [-0.2, 0) is 9.59 Å². The average molecular weight is 593 g/mol. The molecule has 4 aromatic carbocycles. The largest absolute Gasteiger partial charge is 0.366 e. The molecule has 218 valence electrons. The monoisotopic (exact) mass is 592 g/mol. The number of benzene rings is 4. The summed E-state index contributed by atoms with van der Waals surface area (Å²) in [6, 6.07) is 29.9. The quantitative estimate of drug-likeness (QED) is 0.124. The van der Waals surface area contributed by atoms with Crippen LogP contribution in [0.2, 0.25) is 0 Å². The first-order chi connectivity index (χ1) is 20.7. The maximum absolute atomic E-state index is 13.4. The molecule has 8 nitrogen and oxygen atoms in total. The first-order valence-electron chi connectivity index (χ1n) is 13.6. The molecule has 0 saturated heterocycles. The maximum atomic E-state index is 13.4. The number of nitrogens with one attached hydrogen (secondary N) is 3. The van der Waals surface area contributed by atoms with E-state index in [1.165, 1.54) is 17.3 Å². The molecule has 0 aliphatic heterocycles. The van der Waals surface area contributed by atoms with Crippen LogP contribution in [0.3, 0.4) is 0 Å². The van der Waals surface area contributed by atoms with Crippen molar-refractivity contribution < 1.29 is 19.2 Å². The smallest absolute Gasteiger partial charge is 0.272 e. The van der Waals surface area contributed by atoms with Crippen LogP contribution in [-0.4, -0.2) is 29.4 Å². The van der Waals surface area contributed by atoms with E-state index < -0.39 is 17.7 Å². The van der Waals surface area contributed by atoms with Crippen molar-refractivity contribution in [1.29, 1.82) is 0 Å². The number of hydrogen-bond donors (Lipinski definition) is 4. The molecule has 9 heteroatoms. The number of anilines is 2. The van der Waals surface area contributed by atoms with E-state index in [2.05, 4.69) is 29.8 Å². The first kappa shape index (κ1) is 30.8. The fraction of sp³-hybridized carbons (Fsp3) is 0.118. The third-order valence-electron chi connectivity index (χ3n) is 6.36. The minimum atomic E-state index is -0.540. The van der Waals surface area contributed by atoms with Gasteiger partial charge >= 0.3 is 0 Å². The van der Waals surface area contributed by atoms with Gasteiger partial charge in [0.1, 0.15) is 5.70 Å². The molecule has 0 heterocycles. The van der Waals surface area contributed by atoms with Crippen LogP contribution >= 0.6 is 11.8 Å². The highest BCUT2D eigenvalue weighted by atomic mass is 32.2. The van der Waals surface area contributed by atoms with Gasteiger partial charge in [0.15, 0.2) is 0 Å². The molecule has 0 unspecified atom stereocenters. The van der Waals surface area contributed by atoms with Gasteiger partial charge in [0, 0.05) is 27.4 Å². The van der Waals surface area contributed by atoms with E-state index in [0.717, 1.165) is 10.5 Å². The number of rotatable bonds is 11. The summed E-state index contributed by atoms with van der Waals surface area (Å²) in [5.41, 5.74) is 9.11.